The minimum absolute atomic E-state index is 0.104. The number of rotatable bonds is 5. The number of nitrogens with one attached hydrogen (secondary N) is 1. The Morgan fingerprint density at radius 2 is 2.13 bits per heavy atom. The largest absolute Gasteiger partial charge is 0.381 e. The Balaban J connectivity index is 1.91. The van der Waals surface area contributed by atoms with Gasteiger partial charge in [-0.15, -0.1) is 0 Å². The van der Waals surface area contributed by atoms with Crippen molar-refractivity contribution < 1.29 is 9.13 Å². The van der Waals surface area contributed by atoms with E-state index >= 15 is 0 Å². The molecule has 3 rings (SSSR count). The minimum Gasteiger partial charge on any atom is -0.381 e. The summed E-state index contributed by atoms with van der Waals surface area (Å²) in [6, 6.07) is -0.104. The molecule has 1 aliphatic rings. The monoisotopic (exact) mass is 319 g/mol. The van der Waals surface area contributed by atoms with Crippen molar-refractivity contribution >= 4 is 5.82 Å². The first-order valence-corrected chi connectivity index (χ1v) is 8.01. The molecule has 6 nitrogen and oxygen atoms in total. The summed E-state index contributed by atoms with van der Waals surface area (Å²) in [5.41, 5.74) is 0.424. The topological polar surface area (TPSA) is 64.9 Å². The summed E-state index contributed by atoms with van der Waals surface area (Å²) in [4.78, 5) is 12.5. The summed E-state index contributed by atoms with van der Waals surface area (Å²) < 4.78 is 21.9. The van der Waals surface area contributed by atoms with Crippen molar-refractivity contribution in [1.82, 2.24) is 19.5 Å². The van der Waals surface area contributed by atoms with Crippen LogP contribution in [0.2, 0.25) is 0 Å². The highest BCUT2D eigenvalue weighted by Crippen LogP contribution is 2.32. The van der Waals surface area contributed by atoms with E-state index in [2.05, 4.69) is 20.3 Å². The smallest absolute Gasteiger partial charge is 0.186 e. The van der Waals surface area contributed by atoms with Gasteiger partial charge in [0, 0.05) is 32.7 Å². The predicted molar refractivity (Wildman–Crippen MR) is 84.5 cm³/mol. The molecule has 0 radical (unpaired) electrons. The average Bonchev–Trinajstić information content (AvgIpc) is 3.00. The summed E-state index contributed by atoms with van der Waals surface area (Å²) >= 11 is 0. The zero-order valence-electron chi connectivity index (χ0n) is 13.5. The van der Waals surface area contributed by atoms with E-state index in [0.717, 1.165) is 31.9 Å². The number of halogens is 1. The second-order valence-electron chi connectivity index (χ2n) is 5.80. The maximum Gasteiger partial charge on any atom is 0.186 e. The third-order valence-corrected chi connectivity index (χ3v) is 4.36. The van der Waals surface area contributed by atoms with Crippen LogP contribution in [0, 0.1) is 11.7 Å². The predicted octanol–water partition coefficient (Wildman–Crippen LogP) is 2.49. The molecule has 1 fully saturated rings. The molecule has 2 aromatic heterocycles. The van der Waals surface area contributed by atoms with Crippen molar-refractivity contribution in [2.24, 2.45) is 13.0 Å². The first-order valence-electron chi connectivity index (χ1n) is 8.01. The van der Waals surface area contributed by atoms with Gasteiger partial charge in [-0.1, -0.05) is 6.92 Å². The van der Waals surface area contributed by atoms with Crippen LogP contribution in [-0.2, 0) is 18.2 Å². The Bertz CT molecular complexity index is 654. The highest BCUT2D eigenvalue weighted by Gasteiger charge is 2.29. The lowest BCUT2D eigenvalue weighted by Gasteiger charge is -2.31. The number of hydrogen-bond acceptors (Lipinski definition) is 5. The molecule has 1 saturated heterocycles. The summed E-state index contributed by atoms with van der Waals surface area (Å²) in [7, 11) is 1.95. The van der Waals surface area contributed by atoms with Gasteiger partial charge in [0.1, 0.15) is 12.2 Å². The van der Waals surface area contributed by atoms with Gasteiger partial charge in [0.25, 0.3) is 0 Å². The van der Waals surface area contributed by atoms with Gasteiger partial charge in [-0.05, 0) is 25.2 Å². The number of anilines is 1. The second kappa shape index (κ2) is 7.04. The van der Waals surface area contributed by atoms with Gasteiger partial charge in [0.2, 0.25) is 0 Å². The molecule has 0 amide bonds. The molecule has 1 atom stereocenters. The van der Waals surface area contributed by atoms with Gasteiger partial charge in [0.05, 0.1) is 11.7 Å². The molecule has 0 aromatic carbocycles. The maximum atomic E-state index is 14.5. The molecular weight excluding hydrogens is 297 g/mol. The molecular formula is C16H22FN5O. The van der Waals surface area contributed by atoms with Crippen molar-refractivity contribution in [2.75, 3.05) is 18.5 Å². The van der Waals surface area contributed by atoms with E-state index in [9.17, 15) is 4.39 Å². The van der Waals surface area contributed by atoms with Crippen molar-refractivity contribution in [3.05, 3.63) is 36.1 Å². The number of imidazole rings is 1. The lowest BCUT2D eigenvalue weighted by molar-refractivity contribution is 0.0593. The molecule has 124 valence electrons. The summed E-state index contributed by atoms with van der Waals surface area (Å²) in [6.45, 7) is 3.32. The average molecular weight is 319 g/mol. The molecule has 0 bridgehead atoms. The Kier molecular flexibility index (Phi) is 4.85. The van der Waals surface area contributed by atoms with Crippen molar-refractivity contribution in [3.63, 3.8) is 0 Å². The van der Waals surface area contributed by atoms with Gasteiger partial charge in [-0.3, -0.25) is 0 Å². The van der Waals surface area contributed by atoms with Crippen molar-refractivity contribution in [3.8, 4) is 0 Å². The Morgan fingerprint density at radius 1 is 1.35 bits per heavy atom. The first-order chi connectivity index (χ1) is 11.2. The third kappa shape index (κ3) is 3.34. The van der Waals surface area contributed by atoms with Crippen LogP contribution in [0.25, 0.3) is 0 Å². The van der Waals surface area contributed by atoms with E-state index in [-0.39, 0.29) is 17.7 Å². The van der Waals surface area contributed by atoms with Crippen LogP contribution < -0.4 is 5.32 Å². The van der Waals surface area contributed by atoms with Gasteiger partial charge < -0.3 is 14.6 Å². The van der Waals surface area contributed by atoms with Crippen molar-refractivity contribution in [1.29, 1.82) is 0 Å². The highest BCUT2D eigenvalue weighted by atomic mass is 19.1. The number of nitrogens with zero attached hydrogens (tertiary/aromatic N) is 4. The fourth-order valence-electron chi connectivity index (χ4n) is 3.02. The van der Waals surface area contributed by atoms with Gasteiger partial charge in [-0.2, -0.15) is 0 Å². The fraction of sp³-hybridized carbons (Fsp3) is 0.562. The SMILES string of the molecule is CCc1ncnc(N[C@H](c2nccn2C)C2CCOCC2)c1F. The lowest BCUT2D eigenvalue weighted by atomic mass is 9.91. The molecule has 23 heavy (non-hydrogen) atoms. The Hall–Kier alpha value is -2.02. The van der Waals surface area contributed by atoms with Gasteiger partial charge in [-0.25, -0.2) is 19.3 Å². The molecule has 3 heterocycles. The van der Waals surface area contributed by atoms with Gasteiger partial charge >= 0.3 is 0 Å². The first kappa shape index (κ1) is 15.9. The molecule has 1 N–H and O–H groups in total. The number of hydrogen-bond donors (Lipinski definition) is 1. The van der Waals surface area contributed by atoms with Crippen LogP contribution >= 0.6 is 0 Å². The summed E-state index contributed by atoms with van der Waals surface area (Å²) in [6.07, 6.45) is 7.43. The molecule has 7 heteroatoms. The van der Waals surface area contributed by atoms with E-state index in [1.807, 2.05) is 24.7 Å². The van der Waals surface area contributed by atoms with Crippen molar-refractivity contribution in [2.45, 2.75) is 32.2 Å². The highest BCUT2D eigenvalue weighted by molar-refractivity contribution is 5.39. The van der Waals surface area contributed by atoms with E-state index in [0.29, 0.717) is 18.0 Å². The molecule has 1 aliphatic heterocycles. The zero-order valence-corrected chi connectivity index (χ0v) is 13.5. The van der Waals surface area contributed by atoms with Crippen LogP contribution in [0.5, 0.6) is 0 Å². The van der Waals surface area contributed by atoms with Crippen LogP contribution in [0.4, 0.5) is 10.2 Å². The third-order valence-electron chi connectivity index (χ3n) is 4.36. The standard InChI is InChI=1S/C16H22FN5O/c1-3-12-13(17)15(20-10-19-12)21-14(11-4-8-23-9-5-11)16-18-6-7-22(16)2/h6-7,10-11,14H,3-5,8-9H2,1-2H3,(H,19,20,21)/t14-/m0/s1. The Morgan fingerprint density at radius 3 is 2.78 bits per heavy atom. The Labute approximate surface area is 135 Å². The molecule has 0 saturated carbocycles. The molecule has 2 aromatic rings. The molecule has 0 spiro atoms. The zero-order chi connectivity index (χ0) is 16.2. The summed E-state index contributed by atoms with van der Waals surface area (Å²) in [5.74, 6) is 1.08. The normalized spacial score (nSPS) is 17.2. The second-order valence-corrected chi connectivity index (χ2v) is 5.80. The fourth-order valence-corrected chi connectivity index (χ4v) is 3.02. The van der Waals surface area contributed by atoms with Crippen LogP contribution in [0.15, 0.2) is 18.7 Å². The van der Waals surface area contributed by atoms with Crippen LogP contribution in [-0.4, -0.2) is 32.7 Å². The van der Waals surface area contributed by atoms with Crippen LogP contribution in [0.3, 0.4) is 0 Å². The minimum atomic E-state index is -0.374. The maximum absolute atomic E-state index is 14.5. The van der Waals surface area contributed by atoms with E-state index in [1.54, 1.807) is 6.20 Å². The summed E-state index contributed by atoms with van der Waals surface area (Å²) in [5, 5.41) is 3.27. The molecule has 0 unspecified atom stereocenters. The van der Waals surface area contributed by atoms with E-state index < -0.39 is 0 Å². The lowest BCUT2D eigenvalue weighted by Crippen LogP contribution is -2.29. The van der Waals surface area contributed by atoms with Gasteiger partial charge in [0.15, 0.2) is 11.6 Å². The number of aromatic nitrogens is 4. The van der Waals surface area contributed by atoms with Crippen LogP contribution in [0.1, 0.15) is 37.3 Å². The van der Waals surface area contributed by atoms with E-state index in [4.69, 9.17) is 4.74 Å². The number of aryl methyl sites for hydroxylation is 2. The number of ether oxygens (including phenoxy) is 1. The van der Waals surface area contributed by atoms with E-state index in [1.165, 1.54) is 6.33 Å². The molecule has 0 aliphatic carbocycles. The quantitative estimate of drug-likeness (QED) is 0.917.